The lowest BCUT2D eigenvalue weighted by Crippen LogP contribution is -2.18. The number of rotatable bonds is 1. The zero-order chi connectivity index (χ0) is 9.35. The van der Waals surface area contributed by atoms with Crippen LogP contribution in [0.5, 0.6) is 0 Å². The van der Waals surface area contributed by atoms with Crippen LogP contribution in [0.25, 0.3) is 0 Å². The second-order valence-corrected chi connectivity index (χ2v) is 4.56. The van der Waals surface area contributed by atoms with E-state index < -0.39 is 6.80 Å². The van der Waals surface area contributed by atoms with Gasteiger partial charge in [0.25, 0.3) is 0 Å². The molecule has 1 heterocycles. The molecule has 0 unspecified atom stereocenters. The summed E-state index contributed by atoms with van der Waals surface area (Å²) in [7, 11) is 0. The molecule has 2 nitrogen and oxygen atoms in total. The molecule has 1 rings (SSSR count). The first-order valence-corrected chi connectivity index (χ1v) is 4.54. The summed E-state index contributed by atoms with van der Waals surface area (Å²) in [6.07, 6.45) is 1.63. The van der Waals surface area contributed by atoms with Crippen molar-refractivity contribution in [1.82, 2.24) is 9.78 Å². The predicted molar refractivity (Wildman–Crippen MR) is 49.7 cm³/mol. The van der Waals surface area contributed by atoms with Gasteiger partial charge in [0.05, 0.1) is 16.4 Å². The van der Waals surface area contributed by atoms with Crippen molar-refractivity contribution in [3.63, 3.8) is 0 Å². The fourth-order valence-corrected chi connectivity index (χ4v) is 2.09. The third kappa shape index (κ3) is 1.68. The minimum Gasteiger partial charge on any atom is -0.237 e. The number of aromatic nitrogens is 2. The third-order valence-electron chi connectivity index (χ3n) is 1.62. The van der Waals surface area contributed by atoms with Gasteiger partial charge in [-0.15, -0.1) is 0 Å². The Hall–Kier alpha value is -0.380. The standard InChI is InChI=1S/C8H12BrFN2/c1-8(2,3)7-6(9)4-11-12(7)5-10/h4H,5H2,1-3H3. The van der Waals surface area contributed by atoms with Crippen LogP contribution in [0.4, 0.5) is 4.39 Å². The van der Waals surface area contributed by atoms with E-state index in [0.29, 0.717) is 0 Å². The van der Waals surface area contributed by atoms with Crippen LogP contribution in [-0.4, -0.2) is 9.78 Å². The van der Waals surface area contributed by atoms with E-state index in [1.165, 1.54) is 4.68 Å². The molecule has 0 saturated heterocycles. The molecule has 0 atom stereocenters. The first-order valence-electron chi connectivity index (χ1n) is 3.74. The summed E-state index contributed by atoms with van der Waals surface area (Å²) in [5, 5.41) is 3.90. The van der Waals surface area contributed by atoms with Crippen molar-refractivity contribution in [3.8, 4) is 0 Å². The zero-order valence-electron chi connectivity index (χ0n) is 7.43. The van der Waals surface area contributed by atoms with Gasteiger partial charge in [0.1, 0.15) is 0 Å². The second kappa shape index (κ2) is 3.17. The molecule has 0 N–H and O–H groups in total. The Balaban J connectivity index is 3.19. The molecule has 0 fully saturated rings. The average molecular weight is 235 g/mol. The Kier molecular flexibility index (Phi) is 2.56. The van der Waals surface area contributed by atoms with Crippen molar-refractivity contribution in [1.29, 1.82) is 0 Å². The van der Waals surface area contributed by atoms with Gasteiger partial charge in [0, 0.05) is 5.41 Å². The molecule has 68 valence electrons. The molecular formula is C8H12BrFN2. The Morgan fingerprint density at radius 3 is 2.50 bits per heavy atom. The highest BCUT2D eigenvalue weighted by molar-refractivity contribution is 9.10. The molecule has 12 heavy (non-hydrogen) atoms. The highest BCUT2D eigenvalue weighted by Crippen LogP contribution is 2.29. The Morgan fingerprint density at radius 1 is 1.58 bits per heavy atom. The minimum absolute atomic E-state index is 0.0819. The molecule has 4 heteroatoms. The van der Waals surface area contributed by atoms with Gasteiger partial charge in [-0.05, 0) is 15.9 Å². The van der Waals surface area contributed by atoms with Gasteiger partial charge in [-0.3, -0.25) is 0 Å². The molecule has 0 aliphatic heterocycles. The highest BCUT2D eigenvalue weighted by atomic mass is 79.9. The predicted octanol–water partition coefficient (Wildman–Crippen LogP) is 2.87. The summed E-state index contributed by atoms with van der Waals surface area (Å²) < 4.78 is 14.6. The molecule has 0 aromatic carbocycles. The Bertz CT molecular complexity index is 275. The van der Waals surface area contributed by atoms with E-state index in [1.54, 1.807) is 6.20 Å². The summed E-state index contributed by atoms with van der Waals surface area (Å²) in [6.45, 7) is 5.51. The lowest BCUT2D eigenvalue weighted by Gasteiger charge is -2.19. The van der Waals surface area contributed by atoms with Gasteiger partial charge < -0.3 is 0 Å². The van der Waals surface area contributed by atoms with E-state index in [1.807, 2.05) is 20.8 Å². The molecular weight excluding hydrogens is 223 g/mol. The van der Waals surface area contributed by atoms with E-state index in [2.05, 4.69) is 21.0 Å². The molecule has 1 aromatic heterocycles. The van der Waals surface area contributed by atoms with Gasteiger partial charge in [0.15, 0.2) is 6.80 Å². The van der Waals surface area contributed by atoms with Crippen LogP contribution in [0, 0.1) is 0 Å². The average Bonchev–Trinajstić information content (AvgIpc) is 2.29. The molecule has 0 aliphatic carbocycles. The number of hydrogen-bond donors (Lipinski definition) is 0. The monoisotopic (exact) mass is 234 g/mol. The smallest absolute Gasteiger partial charge is 0.181 e. The van der Waals surface area contributed by atoms with Crippen LogP contribution in [0.1, 0.15) is 26.5 Å². The van der Waals surface area contributed by atoms with E-state index in [-0.39, 0.29) is 5.41 Å². The van der Waals surface area contributed by atoms with Crippen LogP contribution in [0.2, 0.25) is 0 Å². The summed E-state index contributed by atoms with van der Waals surface area (Å²) in [4.78, 5) is 0. The second-order valence-electron chi connectivity index (χ2n) is 3.71. The van der Waals surface area contributed by atoms with Crippen LogP contribution < -0.4 is 0 Å². The first kappa shape index (κ1) is 9.71. The van der Waals surface area contributed by atoms with Gasteiger partial charge in [-0.1, -0.05) is 20.8 Å². The molecule has 1 aromatic rings. The molecule has 0 spiro atoms. The van der Waals surface area contributed by atoms with Crippen LogP contribution in [0.15, 0.2) is 10.7 Å². The lowest BCUT2D eigenvalue weighted by molar-refractivity contribution is 0.325. The van der Waals surface area contributed by atoms with Crippen molar-refractivity contribution in [2.75, 3.05) is 0 Å². The molecule has 0 amide bonds. The molecule has 0 aliphatic rings. The Morgan fingerprint density at radius 2 is 2.17 bits per heavy atom. The normalized spacial score (nSPS) is 12.1. The minimum atomic E-state index is -0.571. The summed E-state index contributed by atoms with van der Waals surface area (Å²) >= 11 is 3.34. The van der Waals surface area contributed by atoms with Gasteiger partial charge in [-0.2, -0.15) is 5.10 Å². The van der Waals surface area contributed by atoms with Gasteiger partial charge in [0.2, 0.25) is 0 Å². The maximum atomic E-state index is 12.4. The number of alkyl halides is 1. The highest BCUT2D eigenvalue weighted by Gasteiger charge is 2.22. The number of hydrogen-bond acceptors (Lipinski definition) is 1. The van der Waals surface area contributed by atoms with Crippen LogP contribution in [-0.2, 0) is 12.2 Å². The first-order chi connectivity index (χ1) is 5.46. The van der Waals surface area contributed by atoms with Gasteiger partial charge in [-0.25, -0.2) is 9.07 Å². The van der Waals surface area contributed by atoms with Crippen molar-refractivity contribution in [2.45, 2.75) is 33.0 Å². The Labute approximate surface area is 79.9 Å². The van der Waals surface area contributed by atoms with Crippen LogP contribution >= 0.6 is 15.9 Å². The van der Waals surface area contributed by atoms with E-state index in [9.17, 15) is 4.39 Å². The maximum absolute atomic E-state index is 12.4. The zero-order valence-corrected chi connectivity index (χ0v) is 9.02. The largest absolute Gasteiger partial charge is 0.237 e. The molecule has 0 radical (unpaired) electrons. The topological polar surface area (TPSA) is 17.8 Å². The number of halogens is 2. The van der Waals surface area contributed by atoms with Crippen molar-refractivity contribution < 1.29 is 4.39 Å². The van der Waals surface area contributed by atoms with E-state index in [4.69, 9.17) is 0 Å². The van der Waals surface area contributed by atoms with Crippen molar-refractivity contribution >= 4 is 15.9 Å². The molecule has 0 bridgehead atoms. The van der Waals surface area contributed by atoms with Crippen LogP contribution in [0.3, 0.4) is 0 Å². The quantitative estimate of drug-likeness (QED) is 0.731. The lowest BCUT2D eigenvalue weighted by atomic mass is 9.92. The third-order valence-corrected chi connectivity index (χ3v) is 2.20. The van der Waals surface area contributed by atoms with Gasteiger partial charge >= 0.3 is 0 Å². The maximum Gasteiger partial charge on any atom is 0.181 e. The summed E-state index contributed by atoms with van der Waals surface area (Å²) in [6, 6.07) is 0. The van der Waals surface area contributed by atoms with E-state index in [0.717, 1.165) is 10.2 Å². The van der Waals surface area contributed by atoms with Crippen molar-refractivity contribution in [2.24, 2.45) is 0 Å². The fraction of sp³-hybridized carbons (Fsp3) is 0.625. The number of nitrogens with zero attached hydrogens (tertiary/aromatic N) is 2. The van der Waals surface area contributed by atoms with Crippen molar-refractivity contribution in [3.05, 3.63) is 16.4 Å². The summed E-state index contributed by atoms with van der Waals surface area (Å²) in [5.74, 6) is 0. The van der Waals surface area contributed by atoms with E-state index >= 15 is 0 Å². The molecule has 0 saturated carbocycles. The SMILES string of the molecule is CC(C)(C)c1c(Br)cnn1CF. The summed E-state index contributed by atoms with van der Waals surface area (Å²) in [5.41, 5.74) is 0.812. The fourth-order valence-electron chi connectivity index (χ4n) is 1.20.